The zero-order valence-electron chi connectivity index (χ0n) is 23.6. The topological polar surface area (TPSA) is 71.2 Å². The van der Waals surface area contributed by atoms with Gasteiger partial charge in [0.15, 0.2) is 0 Å². The van der Waals surface area contributed by atoms with Crippen molar-refractivity contribution in [2.75, 3.05) is 13.7 Å². The van der Waals surface area contributed by atoms with E-state index in [1.54, 1.807) is 7.11 Å². The first-order valence-electron chi connectivity index (χ1n) is 14.9. The number of rotatable bonds is 8. The lowest BCUT2D eigenvalue weighted by atomic mass is 9.54. The van der Waals surface area contributed by atoms with E-state index in [1.807, 2.05) is 0 Å². The first-order chi connectivity index (χ1) is 18.9. The Labute approximate surface area is 232 Å². The second-order valence-corrected chi connectivity index (χ2v) is 12.5. The Morgan fingerprint density at radius 2 is 2.08 bits per heavy atom. The Hall–Kier alpha value is -3.08. The summed E-state index contributed by atoms with van der Waals surface area (Å²) in [5, 5.41) is 4.38. The fourth-order valence-electron chi connectivity index (χ4n) is 8.53. The van der Waals surface area contributed by atoms with Crippen LogP contribution >= 0.6 is 0 Å². The molecule has 6 rings (SSSR count). The Balaban J connectivity index is 1.05. The van der Waals surface area contributed by atoms with Gasteiger partial charge in [-0.05, 0) is 110 Å². The molecule has 5 heteroatoms. The van der Waals surface area contributed by atoms with Crippen LogP contribution in [0.1, 0.15) is 80.0 Å². The van der Waals surface area contributed by atoms with Crippen molar-refractivity contribution >= 4 is 22.6 Å². The summed E-state index contributed by atoms with van der Waals surface area (Å²) in [5.74, 6) is 3.48. The number of amides is 1. The Kier molecular flexibility index (Phi) is 7.03. The van der Waals surface area contributed by atoms with E-state index in [4.69, 9.17) is 4.74 Å². The number of ether oxygens (including phenoxy) is 1. The molecule has 2 aromatic carbocycles. The highest BCUT2D eigenvalue weighted by molar-refractivity contribution is 5.88. The van der Waals surface area contributed by atoms with Crippen molar-refractivity contribution in [2.24, 2.45) is 23.2 Å². The molecular formula is C34H42N2O3. The summed E-state index contributed by atoms with van der Waals surface area (Å²) >= 11 is 0. The summed E-state index contributed by atoms with van der Waals surface area (Å²) in [5.41, 5.74) is 6.40. The molecular weight excluding hydrogens is 484 g/mol. The van der Waals surface area contributed by atoms with Gasteiger partial charge in [0.25, 0.3) is 0 Å². The molecule has 39 heavy (non-hydrogen) atoms. The summed E-state index contributed by atoms with van der Waals surface area (Å²) in [6.45, 7) is 5.01. The van der Waals surface area contributed by atoms with Crippen LogP contribution in [-0.2, 0) is 22.4 Å². The Morgan fingerprint density at radius 1 is 1.21 bits per heavy atom. The minimum absolute atomic E-state index is 0.125. The molecule has 2 saturated carbocycles. The molecule has 3 aliphatic rings. The van der Waals surface area contributed by atoms with Gasteiger partial charge in [0.1, 0.15) is 11.5 Å². The predicted molar refractivity (Wildman–Crippen MR) is 155 cm³/mol. The third kappa shape index (κ3) is 4.68. The van der Waals surface area contributed by atoms with Crippen LogP contribution in [0.25, 0.3) is 10.9 Å². The molecule has 2 N–H and O–H groups in total. The fraction of sp³-hybridized carbons (Fsp3) is 0.529. The molecule has 5 atom stereocenters. The number of carbonyl (C=O) groups is 2. The van der Waals surface area contributed by atoms with Gasteiger partial charge in [0.05, 0.1) is 7.11 Å². The minimum Gasteiger partial charge on any atom is -0.497 e. The molecule has 3 aliphatic carbocycles. The highest BCUT2D eigenvalue weighted by atomic mass is 16.5. The quantitative estimate of drug-likeness (QED) is 0.345. The number of ketones is 1. The van der Waals surface area contributed by atoms with Gasteiger partial charge in [0, 0.05) is 41.9 Å². The number of fused-ring (bicyclic) bond motifs is 6. The van der Waals surface area contributed by atoms with Crippen LogP contribution in [0.5, 0.6) is 5.75 Å². The molecule has 206 valence electrons. The molecule has 0 aliphatic heterocycles. The third-order valence-corrected chi connectivity index (χ3v) is 10.5. The van der Waals surface area contributed by atoms with Crippen molar-refractivity contribution in [1.82, 2.24) is 10.3 Å². The molecule has 1 heterocycles. The second kappa shape index (κ2) is 10.5. The highest BCUT2D eigenvalue weighted by Crippen LogP contribution is 2.62. The van der Waals surface area contributed by atoms with Crippen LogP contribution in [0.4, 0.5) is 0 Å². The van der Waals surface area contributed by atoms with Crippen molar-refractivity contribution in [3.63, 3.8) is 0 Å². The van der Waals surface area contributed by atoms with Crippen LogP contribution in [0.3, 0.4) is 0 Å². The Morgan fingerprint density at radius 3 is 2.92 bits per heavy atom. The van der Waals surface area contributed by atoms with Gasteiger partial charge in [-0.1, -0.05) is 31.2 Å². The molecule has 0 spiro atoms. The maximum Gasteiger partial charge on any atom is 0.220 e. The van der Waals surface area contributed by atoms with Gasteiger partial charge < -0.3 is 15.0 Å². The van der Waals surface area contributed by atoms with E-state index in [9.17, 15) is 9.59 Å². The molecule has 0 saturated heterocycles. The number of H-pyrrole nitrogens is 1. The monoisotopic (exact) mass is 526 g/mol. The fourth-order valence-corrected chi connectivity index (χ4v) is 8.53. The van der Waals surface area contributed by atoms with Crippen LogP contribution in [0.2, 0.25) is 0 Å². The van der Waals surface area contributed by atoms with Crippen molar-refractivity contribution in [3.8, 4) is 5.75 Å². The van der Waals surface area contributed by atoms with Crippen molar-refractivity contribution in [1.29, 1.82) is 0 Å². The average molecular weight is 527 g/mol. The lowest BCUT2D eigenvalue weighted by Crippen LogP contribution is -2.44. The molecule has 5 nitrogen and oxygen atoms in total. The highest BCUT2D eigenvalue weighted by Gasteiger charge is 2.58. The molecule has 1 amide bonds. The average Bonchev–Trinajstić information content (AvgIpc) is 3.47. The molecule has 0 unspecified atom stereocenters. The summed E-state index contributed by atoms with van der Waals surface area (Å²) in [4.78, 5) is 29.4. The van der Waals surface area contributed by atoms with E-state index in [1.165, 1.54) is 33.2 Å². The predicted octanol–water partition coefficient (Wildman–Crippen LogP) is 6.67. The van der Waals surface area contributed by atoms with Crippen molar-refractivity contribution < 1.29 is 14.3 Å². The Bertz CT molecular complexity index is 1390. The number of aromatic amines is 1. The molecule has 0 radical (unpaired) electrons. The molecule has 0 bridgehead atoms. The van der Waals surface area contributed by atoms with Gasteiger partial charge in [0.2, 0.25) is 5.91 Å². The number of carbonyl (C=O) groups excluding carboxylic acids is 2. The molecule has 1 aromatic heterocycles. The van der Waals surface area contributed by atoms with Gasteiger partial charge >= 0.3 is 0 Å². The summed E-state index contributed by atoms with van der Waals surface area (Å²) < 4.78 is 5.48. The lowest BCUT2D eigenvalue weighted by molar-refractivity contribution is -0.129. The van der Waals surface area contributed by atoms with Crippen LogP contribution in [-0.4, -0.2) is 30.3 Å². The van der Waals surface area contributed by atoms with E-state index in [2.05, 4.69) is 66.7 Å². The first kappa shape index (κ1) is 26.2. The second-order valence-electron chi connectivity index (χ2n) is 12.5. The van der Waals surface area contributed by atoms with E-state index in [0.29, 0.717) is 48.8 Å². The van der Waals surface area contributed by atoms with E-state index in [-0.39, 0.29) is 11.3 Å². The maximum atomic E-state index is 13.3. The largest absolute Gasteiger partial charge is 0.497 e. The molecule has 3 aromatic rings. The first-order valence-corrected chi connectivity index (χ1v) is 14.9. The van der Waals surface area contributed by atoms with E-state index < -0.39 is 0 Å². The number of methoxy groups -OCH3 is 1. The SMILES string of the molecule is COc1ccc2c(c1)CC[C@H]1[C@@H]3[C@H](CCCC(=O)NCCc4c[nH]c5c(C)cccc45)CC(=O)[C@@]3(C)CC[C@H]21. The zero-order valence-corrected chi connectivity index (χ0v) is 23.6. The van der Waals surface area contributed by atoms with Crippen LogP contribution in [0, 0.1) is 30.1 Å². The standard InChI is InChI=1S/C34H42N2O3/c1-21-6-4-8-27-24(20-36-33(21)27)15-17-35-31(38)9-5-7-23-19-30(37)34(2)16-14-28-26-13-11-25(39-3)18-22(26)10-12-29(28)32(23)34/h4,6,8,11,13,18,20,23,28-29,32,36H,5,7,9-10,12,14-17,19H2,1-3H3,(H,35,38)/t23-,28-,29-,32+,34-/m1/s1. The van der Waals surface area contributed by atoms with Crippen LogP contribution < -0.4 is 10.1 Å². The molecule has 2 fully saturated rings. The van der Waals surface area contributed by atoms with Crippen molar-refractivity contribution in [2.45, 2.75) is 77.6 Å². The number of aromatic nitrogens is 1. The number of Topliss-reactive ketones (excluding diaryl/α,β-unsaturated/α-hetero) is 1. The number of benzene rings is 2. The summed E-state index contributed by atoms with van der Waals surface area (Å²) in [6.07, 6.45) is 10.3. The van der Waals surface area contributed by atoms with Gasteiger partial charge in [-0.15, -0.1) is 0 Å². The van der Waals surface area contributed by atoms with Crippen molar-refractivity contribution in [3.05, 3.63) is 64.8 Å². The summed E-state index contributed by atoms with van der Waals surface area (Å²) in [7, 11) is 1.74. The van der Waals surface area contributed by atoms with Gasteiger partial charge in [-0.2, -0.15) is 0 Å². The minimum atomic E-state index is -0.185. The van der Waals surface area contributed by atoms with E-state index in [0.717, 1.165) is 50.7 Å². The number of hydrogen-bond acceptors (Lipinski definition) is 3. The zero-order chi connectivity index (χ0) is 27.1. The smallest absolute Gasteiger partial charge is 0.220 e. The number of nitrogens with one attached hydrogen (secondary N) is 2. The van der Waals surface area contributed by atoms with Crippen LogP contribution in [0.15, 0.2) is 42.6 Å². The van der Waals surface area contributed by atoms with E-state index >= 15 is 0 Å². The number of hydrogen-bond donors (Lipinski definition) is 2. The normalized spacial score (nSPS) is 27.6. The summed E-state index contributed by atoms with van der Waals surface area (Å²) in [6, 6.07) is 12.9. The number of para-hydroxylation sites is 1. The van der Waals surface area contributed by atoms with Gasteiger partial charge in [-0.25, -0.2) is 0 Å². The third-order valence-electron chi connectivity index (χ3n) is 10.5. The van der Waals surface area contributed by atoms with Gasteiger partial charge in [-0.3, -0.25) is 9.59 Å². The maximum absolute atomic E-state index is 13.3. The lowest BCUT2D eigenvalue weighted by Gasteiger charge is -2.50. The number of aryl methyl sites for hydroxylation is 2.